The van der Waals surface area contributed by atoms with Crippen LogP contribution in [-0.4, -0.2) is 203 Å². The molecule has 12 N–H and O–H groups in total. The fourth-order valence-electron chi connectivity index (χ4n) is 16.4. The topological polar surface area (TPSA) is 307 Å². The minimum atomic E-state index is -2.01. The molecule has 19 nitrogen and oxygen atoms in total. The average molecular weight is 947 g/mol. The van der Waals surface area contributed by atoms with Gasteiger partial charge in [0, 0.05) is 5.92 Å². The van der Waals surface area contributed by atoms with E-state index in [1.54, 1.807) is 0 Å². The van der Waals surface area contributed by atoms with Crippen LogP contribution in [0.2, 0.25) is 0 Å². The molecule has 0 aromatic heterocycles. The third-order valence-electron chi connectivity index (χ3n) is 20.0. The third-order valence-corrected chi connectivity index (χ3v) is 20.0. The molecule has 0 unspecified atom stereocenters. The summed E-state index contributed by atoms with van der Waals surface area (Å²) in [4.78, 5) is 0. The Morgan fingerprint density at radius 3 is 1.94 bits per heavy atom. The first-order chi connectivity index (χ1) is 30.7. The third kappa shape index (κ3) is 7.06. The van der Waals surface area contributed by atoms with Gasteiger partial charge in [0.25, 0.3) is 0 Å². The van der Waals surface area contributed by atoms with Crippen LogP contribution in [0, 0.1) is 44.8 Å². The maximum Gasteiger partial charge on any atom is 0.187 e. The van der Waals surface area contributed by atoms with E-state index in [1.807, 2.05) is 13.8 Å². The Balaban J connectivity index is 0.918. The van der Waals surface area contributed by atoms with Crippen LogP contribution in [-0.2, 0) is 33.2 Å². The average Bonchev–Trinajstić information content (AvgIpc) is 3.40. The molecule has 25 atom stereocenters. The van der Waals surface area contributed by atoms with E-state index in [4.69, 9.17) is 33.2 Å². The van der Waals surface area contributed by atoms with Crippen LogP contribution in [0.25, 0.3) is 0 Å². The van der Waals surface area contributed by atoms with Gasteiger partial charge in [-0.05, 0) is 117 Å². The molecule has 4 aliphatic heterocycles. The molecule has 66 heavy (non-hydrogen) atoms. The summed E-state index contributed by atoms with van der Waals surface area (Å²) in [5.41, 5.74) is -5.47. The van der Waals surface area contributed by atoms with E-state index in [0.29, 0.717) is 32.1 Å². The summed E-state index contributed by atoms with van der Waals surface area (Å²) in [7, 11) is 0. The summed E-state index contributed by atoms with van der Waals surface area (Å²) in [6.07, 6.45) is -13.6. The highest BCUT2D eigenvalue weighted by Crippen LogP contribution is 2.89. The van der Waals surface area contributed by atoms with Crippen LogP contribution < -0.4 is 0 Å². The molecule has 0 aromatic rings. The molecule has 9 rings (SSSR count). The first kappa shape index (κ1) is 50.2. The second kappa shape index (κ2) is 16.6. The molecule has 0 amide bonds. The fourth-order valence-corrected chi connectivity index (χ4v) is 16.4. The number of fused-ring (bicyclic) bond motifs is 2. The molecule has 0 bridgehead atoms. The van der Waals surface area contributed by atoms with Crippen molar-refractivity contribution in [2.45, 2.75) is 221 Å². The summed E-state index contributed by atoms with van der Waals surface area (Å²) in [6.45, 7) is 12.0. The molecule has 9 fully saturated rings. The van der Waals surface area contributed by atoms with Crippen molar-refractivity contribution in [3.8, 4) is 0 Å². The molecule has 5 saturated carbocycles. The number of aliphatic hydroxyl groups excluding tert-OH is 11. The lowest BCUT2D eigenvalue weighted by atomic mass is 9.41. The van der Waals surface area contributed by atoms with Gasteiger partial charge in [-0.2, -0.15) is 0 Å². The van der Waals surface area contributed by atoms with Gasteiger partial charge in [-0.1, -0.05) is 27.7 Å². The maximum absolute atomic E-state index is 12.6. The highest BCUT2D eigenvalue weighted by molar-refractivity contribution is 5.33. The van der Waals surface area contributed by atoms with Crippen molar-refractivity contribution in [3.05, 3.63) is 0 Å². The van der Waals surface area contributed by atoms with E-state index in [2.05, 4.69) is 34.6 Å². The van der Waals surface area contributed by atoms with Crippen LogP contribution in [0.15, 0.2) is 0 Å². The smallest absolute Gasteiger partial charge is 0.187 e. The number of aliphatic hydroxyl groups is 12. The Kier molecular flexibility index (Phi) is 12.7. The zero-order chi connectivity index (χ0) is 48.1. The molecular formula is C47H78O19. The van der Waals surface area contributed by atoms with Gasteiger partial charge in [0.15, 0.2) is 18.9 Å². The molecule has 5 aliphatic carbocycles. The summed E-state index contributed by atoms with van der Waals surface area (Å²) in [5, 5.41) is 129. The monoisotopic (exact) mass is 947 g/mol. The first-order valence-electron chi connectivity index (χ1n) is 24.3. The molecule has 4 heterocycles. The molecule has 0 radical (unpaired) electrons. The van der Waals surface area contributed by atoms with Crippen LogP contribution >= 0.6 is 0 Å². The Hall–Kier alpha value is -0.760. The highest BCUT2D eigenvalue weighted by Gasteiger charge is 2.85. The van der Waals surface area contributed by atoms with Crippen molar-refractivity contribution >= 4 is 0 Å². The van der Waals surface area contributed by atoms with Crippen molar-refractivity contribution in [1.82, 2.24) is 0 Å². The predicted octanol–water partition coefficient (Wildman–Crippen LogP) is -1.45. The Morgan fingerprint density at radius 2 is 1.30 bits per heavy atom. The predicted molar refractivity (Wildman–Crippen MR) is 226 cm³/mol. The normalized spacial score (nSPS) is 57.8. The van der Waals surface area contributed by atoms with E-state index in [9.17, 15) is 61.3 Å². The fraction of sp³-hybridized carbons (Fsp3) is 1.00. The summed E-state index contributed by atoms with van der Waals surface area (Å²) < 4.78 is 43.2. The molecule has 4 saturated heterocycles. The Morgan fingerprint density at radius 1 is 0.652 bits per heavy atom. The number of hydrogen-bond donors (Lipinski definition) is 12. The van der Waals surface area contributed by atoms with Crippen molar-refractivity contribution in [1.29, 1.82) is 0 Å². The number of ether oxygens (including phenoxy) is 7. The van der Waals surface area contributed by atoms with Crippen LogP contribution in [0.4, 0.5) is 0 Å². The number of rotatable bonds is 11. The lowest BCUT2D eigenvalue weighted by molar-refractivity contribution is -0.355. The highest BCUT2D eigenvalue weighted by atomic mass is 16.8. The van der Waals surface area contributed by atoms with Crippen LogP contribution in [0.3, 0.4) is 0 Å². The van der Waals surface area contributed by atoms with Gasteiger partial charge in [0.2, 0.25) is 0 Å². The van der Waals surface area contributed by atoms with Crippen molar-refractivity contribution < 1.29 is 94.4 Å². The zero-order valence-corrected chi connectivity index (χ0v) is 39.4. The summed E-state index contributed by atoms with van der Waals surface area (Å²) in [5.74, 6) is -0.336. The quantitative estimate of drug-likeness (QED) is 0.106. The van der Waals surface area contributed by atoms with Gasteiger partial charge in [0.1, 0.15) is 60.5 Å². The molecular weight excluding hydrogens is 868 g/mol. The van der Waals surface area contributed by atoms with Crippen LogP contribution in [0.5, 0.6) is 0 Å². The number of hydrogen-bond acceptors (Lipinski definition) is 19. The van der Waals surface area contributed by atoms with Crippen molar-refractivity contribution in [2.75, 3.05) is 26.4 Å². The van der Waals surface area contributed by atoms with E-state index in [1.165, 1.54) is 0 Å². The van der Waals surface area contributed by atoms with E-state index in [-0.39, 0.29) is 39.4 Å². The largest absolute Gasteiger partial charge is 0.394 e. The lowest BCUT2D eigenvalue weighted by Crippen LogP contribution is -2.65. The van der Waals surface area contributed by atoms with E-state index in [0.717, 1.165) is 25.7 Å². The second-order valence-electron chi connectivity index (χ2n) is 24.0. The standard InChI is InChI=1S/C47H78O19/c1-40(2)26(63-38-33(31(56)29(54)24(17-49)62-38)64-39-36(58)47(59,19-50)20-60-39)9-11-46-18-45(46)13-12-42(5)35(22(52)15-43(42,6)25(45)14-21(51)34(40)46)44(7)10-8-27(65-44)41(3,4)66-37-32(57)30(55)28(53)23(16-48)61-37/h21-39,48-59H,8-20H2,1-7H3/t21-,22-,23+,24+,25-,26-,27-,28+,29+,30-,31-,32+,33+,34-,35-,36-,37-,38-,39-,42+,43-,44+,45-,46+,47+/m0/s1. The first-order valence-corrected chi connectivity index (χ1v) is 24.3. The van der Waals surface area contributed by atoms with E-state index < -0.39 is 147 Å². The Labute approximate surface area is 386 Å². The minimum absolute atomic E-state index is 0.0854. The molecule has 9 aliphatic rings. The molecule has 19 heteroatoms. The lowest BCUT2D eigenvalue weighted by Gasteiger charge is -2.65. The summed E-state index contributed by atoms with van der Waals surface area (Å²) in [6, 6.07) is 0. The molecule has 380 valence electrons. The zero-order valence-electron chi connectivity index (χ0n) is 39.4. The Bertz CT molecular complexity index is 1790. The second-order valence-corrected chi connectivity index (χ2v) is 24.0. The van der Waals surface area contributed by atoms with Crippen molar-refractivity contribution in [3.63, 3.8) is 0 Å². The van der Waals surface area contributed by atoms with Gasteiger partial charge in [0.05, 0.1) is 62.0 Å². The maximum atomic E-state index is 12.6. The van der Waals surface area contributed by atoms with Gasteiger partial charge >= 0.3 is 0 Å². The molecule has 2 spiro atoms. The van der Waals surface area contributed by atoms with E-state index >= 15 is 0 Å². The SMILES string of the molecule is CC(C)(O[C@@H]1O[C@H](CO)[C@@H](O)[C@H](O)[C@H]1O)[C@@H]1CC[C@](C)([C@H]2[C@@H](O)C[C@@]3(C)[C@@H]4C[C@H](O)[C@H]5C(C)(C)[C@@H](O[C@@H]6O[C@H](CO)[C@@H](O)[C@H](O)[C@H]6O[C@@H]6OC[C@](O)(CO)[C@H]6O)CC[C@@]56C[C@@]46CC[C@]23C)O1. The van der Waals surface area contributed by atoms with Crippen LogP contribution in [0.1, 0.15) is 106 Å². The minimum Gasteiger partial charge on any atom is -0.394 e. The van der Waals surface area contributed by atoms with Crippen molar-refractivity contribution in [2.24, 2.45) is 44.8 Å². The summed E-state index contributed by atoms with van der Waals surface area (Å²) >= 11 is 0. The van der Waals surface area contributed by atoms with Gasteiger partial charge in [-0.15, -0.1) is 0 Å². The molecule has 0 aromatic carbocycles. The van der Waals surface area contributed by atoms with Gasteiger partial charge in [-0.3, -0.25) is 0 Å². The van der Waals surface area contributed by atoms with Gasteiger partial charge < -0.3 is 94.4 Å². The van der Waals surface area contributed by atoms with Gasteiger partial charge in [-0.25, -0.2) is 0 Å².